The number of esters is 1. The zero-order valence-electron chi connectivity index (χ0n) is 10.7. The number of halogens is 4. The number of rotatable bonds is 4. The maximum absolute atomic E-state index is 13.7. The summed E-state index contributed by atoms with van der Waals surface area (Å²) in [4.78, 5) is 15.0. The molecule has 1 heterocycles. The predicted molar refractivity (Wildman–Crippen MR) is 67.8 cm³/mol. The van der Waals surface area contributed by atoms with E-state index in [-0.39, 0.29) is 17.2 Å². The number of oxazole rings is 1. The van der Waals surface area contributed by atoms with E-state index in [1.165, 1.54) is 19.1 Å². The Morgan fingerprint density at radius 1 is 1.48 bits per heavy atom. The van der Waals surface area contributed by atoms with Crippen LogP contribution in [0.2, 0.25) is 5.02 Å². The molecule has 0 radical (unpaired) electrons. The molecule has 2 aromatic rings. The van der Waals surface area contributed by atoms with Gasteiger partial charge in [0.05, 0.1) is 17.2 Å². The monoisotopic (exact) mass is 319 g/mol. The van der Waals surface area contributed by atoms with Crippen LogP contribution in [0.5, 0.6) is 0 Å². The molecule has 0 unspecified atom stereocenters. The van der Waals surface area contributed by atoms with Crippen LogP contribution in [0.3, 0.4) is 0 Å². The second-order valence-electron chi connectivity index (χ2n) is 3.85. The number of hydrogen-bond donors (Lipinski definition) is 0. The lowest BCUT2D eigenvalue weighted by atomic mass is 10.2. The molecule has 0 saturated heterocycles. The minimum Gasteiger partial charge on any atom is -0.460 e. The fourth-order valence-electron chi connectivity index (χ4n) is 1.63. The predicted octanol–water partition coefficient (Wildman–Crippen LogP) is 4.25. The molecule has 0 saturated carbocycles. The second-order valence-corrected chi connectivity index (χ2v) is 4.26. The number of alkyl halides is 2. The summed E-state index contributed by atoms with van der Waals surface area (Å²) in [6.45, 7) is 1.48. The molecule has 0 fully saturated rings. The molecule has 0 aliphatic rings. The molecule has 0 aliphatic heterocycles. The maximum atomic E-state index is 13.7. The lowest BCUT2D eigenvalue weighted by Crippen LogP contribution is -2.06. The molecule has 0 spiro atoms. The molecule has 8 heteroatoms. The Morgan fingerprint density at radius 2 is 2.19 bits per heavy atom. The first-order chi connectivity index (χ1) is 9.95. The highest BCUT2D eigenvalue weighted by atomic mass is 35.5. The molecule has 0 amide bonds. The SMILES string of the molecule is CCOC(=O)c1oc(-c2c(F)cccc2Cl)nc1C(F)F. The average molecular weight is 320 g/mol. The molecular weight excluding hydrogens is 311 g/mol. The van der Waals surface area contributed by atoms with E-state index in [9.17, 15) is 18.0 Å². The van der Waals surface area contributed by atoms with Crippen LogP contribution in [0.15, 0.2) is 22.6 Å². The van der Waals surface area contributed by atoms with E-state index in [1.54, 1.807) is 0 Å². The van der Waals surface area contributed by atoms with Crippen LogP contribution in [-0.2, 0) is 4.74 Å². The molecule has 1 aromatic carbocycles. The van der Waals surface area contributed by atoms with Crippen LogP contribution in [0.4, 0.5) is 13.2 Å². The van der Waals surface area contributed by atoms with Crippen LogP contribution in [0.25, 0.3) is 11.5 Å². The normalized spacial score (nSPS) is 11.0. The first-order valence-electron chi connectivity index (χ1n) is 5.86. The van der Waals surface area contributed by atoms with Gasteiger partial charge in [-0.15, -0.1) is 0 Å². The largest absolute Gasteiger partial charge is 0.460 e. The van der Waals surface area contributed by atoms with E-state index >= 15 is 0 Å². The molecule has 112 valence electrons. The van der Waals surface area contributed by atoms with Crippen molar-refractivity contribution in [3.8, 4) is 11.5 Å². The quantitative estimate of drug-likeness (QED) is 0.791. The van der Waals surface area contributed by atoms with Crippen molar-refractivity contribution in [2.24, 2.45) is 0 Å². The highest BCUT2D eigenvalue weighted by Gasteiger charge is 2.29. The summed E-state index contributed by atoms with van der Waals surface area (Å²) in [5.74, 6) is -3.17. The topological polar surface area (TPSA) is 52.3 Å². The minimum absolute atomic E-state index is 0.0298. The first kappa shape index (κ1) is 15.4. The Bertz CT molecular complexity index is 652. The van der Waals surface area contributed by atoms with Gasteiger partial charge in [-0.25, -0.2) is 22.9 Å². The van der Waals surface area contributed by atoms with Gasteiger partial charge in [-0.3, -0.25) is 0 Å². The Morgan fingerprint density at radius 3 is 2.76 bits per heavy atom. The van der Waals surface area contributed by atoms with E-state index in [0.717, 1.165) is 6.07 Å². The van der Waals surface area contributed by atoms with Gasteiger partial charge in [-0.1, -0.05) is 17.7 Å². The van der Waals surface area contributed by atoms with Crippen molar-refractivity contribution in [3.63, 3.8) is 0 Å². The highest BCUT2D eigenvalue weighted by molar-refractivity contribution is 6.33. The Kier molecular flexibility index (Phi) is 4.52. The van der Waals surface area contributed by atoms with Crippen molar-refractivity contribution in [3.05, 3.63) is 40.5 Å². The lowest BCUT2D eigenvalue weighted by Gasteiger charge is -2.00. The zero-order chi connectivity index (χ0) is 15.6. The van der Waals surface area contributed by atoms with E-state index in [0.29, 0.717) is 0 Å². The van der Waals surface area contributed by atoms with Gasteiger partial charge in [0.2, 0.25) is 11.7 Å². The van der Waals surface area contributed by atoms with Crippen molar-refractivity contribution in [1.29, 1.82) is 0 Å². The molecule has 0 atom stereocenters. The van der Waals surface area contributed by atoms with Gasteiger partial charge in [-0.05, 0) is 19.1 Å². The fraction of sp³-hybridized carbons (Fsp3) is 0.231. The van der Waals surface area contributed by atoms with Gasteiger partial charge in [0.15, 0.2) is 5.69 Å². The first-order valence-corrected chi connectivity index (χ1v) is 6.23. The Balaban J connectivity index is 2.57. The van der Waals surface area contributed by atoms with Crippen molar-refractivity contribution < 1.29 is 27.1 Å². The lowest BCUT2D eigenvalue weighted by molar-refractivity contribution is 0.0476. The number of aromatic nitrogens is 1. The van der Waals surface area contributed by atoms with Crippen LogP contribution in [-0.4, -0.2) is 17.6 Å². The van der Waals surface area contributed by atoms with Crippen molar-refractivity contribution >= 4 is 17.6 Å². The average Bonchev–Trinajstić information content (AvgIpc) is 2.84. The minimum atomic E-state index is -3.08. The number of ether oxygens (including phenoxy) is 1. The molecular formula is C13H9ClF3NO3. The fourth-order valence-corrected chi connectivity index (χ4v) is 1.88. The number of nitrogens with zero attached hydrogens (tertiary/aromatic N) is 1. The smallest absolute Gasteiger partial charge is 0.376 e. The van der Waals surface area contributed by atoms with Crippen LogP contribution >= 0.6 is 11.6 Å². The number of hydrogen-bond acceptors (Lipinski definition) is 4. The standard InChI is InChI=1S/C13H9ClF3NO3/c1-2-20-13(19)10-9(11(16)17)18-12(21-10)8-6(14)4-3-5-7(8)15/h3-5,11H,2H2,1H3. The molecule has 0 aliphatic carbocycles. The zero-order valence-corrected chi connectivity index (χ0v) is 11.5. The summed E-state index contributed by atoms with van der Waals surface area (Å²) in [7, 11) is 0. The van der Waals surface area contributed by atoms with Crippen molar-refractivity contribution in [2.75, 3.05) is 6.61 Å². The van der Waals surface area contributed by atoms with Crippen LogP contribution in [0, 0.1) is 5.82 Å². The maximum Gasteiger partial charge on any atom is 0.376 e. The molecule has 4 nitrogen and oxygen atoms in total. The van der Waals surface area contributed by atoms with Gasteiger partial charge in [-0.2, -0.15) is 0 Å². The highest BCUT2D eigenvalue weighted by Crippen LogP contribution is 2.34. The Labute approximate surface area is 122 Å². The molecule has 0 N–H and O–H groups in total. The van der Waals surface area contributed by atoms with Gasteiger partial charge < -0.3 is 9.15 Å². The summed E-state index contributed by atoms with van der Waals surface area (Å²) in [6.07, 6.45) is -3.08. The van der Waals surface area contributed by atoms with Gasteiger partial charge in [0.1, 0.15) is 5.82 Å². The van der Waals surface area contributed by atoms with E-state index in [2.05, 4.69) is 9.72 Å². The van der Waals surface area contributed by atoms with Gasteiger partial charge in [0, 0.05) is 0 Å². The summed E-state index contributed by atoms with van der Waals surface area (Å²) < 4.78 is 49.1. The summed E-state index contributed by atoms with van der Waals surface area (Å²) in [5.41, 5.74) is -1.21. The summed E-state index contributed by atoms with van der Waals surface area (Å²) >= 11 is 5.80. The van der Waals surface area contributed by atoms with E-state index in [4.69, 9.17) is 16.0 Å². The van der Waals surface area contributed by atoms with Gasteiger partial charge >= 0.3 is 5.97 Å². The third kappa shape index (κ3) is 3.02. The molecule has 2 rings (SSSR count). The molecule has 1 aromatic heterocycles. The van der Waals surface area contributed by atoms with Crippen molar-refractivity contribution in [1.82, 2.24) is 4.98 Å². The second kappa shape index (κ2) is 6.17. The number of carbonyl (C=O) groups is 1. The Hall–Kier alpha value is -2.02. The summed E-state index contributed by atoms with van der Waals surface area (Å²) in [5, 5.41) is -0.0764. The summed E-state index contributed by atoms with van der Waals surface area (Å²) in [6, 6.07) is 3.75. The number of carbonyl (C=O) groups excluding carboxylic acids is 1. The van der Waals surface area contributed by atoms with Crippen LogP contribution < -0.4 is 0 Å². The third-order valence-corrected chi connectivity index (χ3v) is 2.81. The van der Waals surface area contributed by atoms with Gasteiger partial charge in [0.25, 0.3) is 6.43 Å². The van der Waals surface area contributed by atoms with Crippen LogP contribution in [0.1, 0.15) is 29.6 Å². The molecule has 0 bridgehead atoms. The molecule has 21 heavy (non-hydrogen) atoms. The van der Waals surface area contributed by atoms with E-state index in [1.807, 2.05) is 0 Å². The third-order valence-electron chi connectivity index (χ3n) is 2.50. The van der Waals surface area contributed by atoms with Crippen molar-refractivity contribution in [2.45, 2.75) is 13.3 Å². The number of benzene rings is 1. The van der Waals surface area contributed by atoms with E-state index < -0.39 is 35.6 Å².